The summed E-state index contributed by atoms with van der Waals surface area (Å²) >= 11 is 6.08. The van der Waals surface area contributed by atoms with Crippen LogP contribution in [0.5, 0.6) is 0 Å². The molecule has 5 rings (SSSR count). The Kier molecular flexibility index (Phi) is 5.75. The highest BCUT2D eigenvalue weighted by molar-refractivity contribution is 6.31. The van der Waals surface area contributed by atoms with Gasteiger partial charge in [-0.3, -0.25) is 0 Å². The number of anilines is 2. The van der Waals surface area contributed by atoms with E-state index in [0.29, 0.717) is 28.3 Å². The van der Waals surface area contributed by atoms with Crippen molar-refractivity contribution in [3.63, 3.8) is 0 Å². The number of pyridine rings is 1. The second-order valence-corrected chi connectivity index (χ2v) is 9.02. The van der Waals surface area contributed by atoms with E-state index in [1.54, 1.807) is 30.3 Å². The fraction of sp³-hybridized carbons (Fsp3) is 0.240. The first-order chi connectivity index (χ1) is 16.6. The third-order valence-corrected chi connectivity index (χ3v) is 6.43. The molecule has 2 N–H and O–H groups in total. The van der Waals surface area contributed by atoms with Gasteiger partial charge in [0.1, 0.15) is 16.9 Å². The van der Waals surface area contributed by atoms with Crippen molar-refractivity contribution >= 4 is 34.4 Å². The number of aryl methyl sites for hydroxylation is 1. The van der Waals surface area contributed by atoms with E-state index in [1.165, 1.54) is 12.1 Å². The number of hydrogen-bond acceptors (Lipinski definition) is 5. The molecular weight excluding hydrogens is 482 g/mol. The lowest BCUT2D eigenvalue weighted by atomic mass is 10.1. The first kappa shape index (κ1) is 23.3. The predicted octanol–water partition coefficient (Wildman–Crippen LogP) is 6.91. The van der Waals surface area contributed by atoms with Gasteiger partial charge in [-0.2, -0.15) is 18.2 Å². The molecule has 0 saturated heterocycles. The summed E-state index contributed by atoms with van der Waals surface area (Å²) < 4.78 is 54.5. The zero-order valence-corrected chi connectivity index (χ0v) is 19.3. The minimum Gasteiger partial charge on any atom is -0.354 e. The molecular formula is C25H20ClF4N5. The molecule has 0 radical (unpaired) electrons. The Morgan fingerprint density at radius 2 is 1.71 bits per heavy atom. The van der Waals surface area contributed by atoms with Crippen LogP contribution >= 0.6 is 11.6 Å². The molecule has 1 aliphatic rings. The Balaban J connectivity index is 1.53. The van der Waals surface area contributed by atoms with E-state index in [1.807, 2.05) is 19.1 Å². The molecule has 0 unspecified atom stereocenters. The molecule has 2 aromatic heterocycles. The molecule has 0 bridgehead atoms. The summed E-state index contributed by atoms with van der Waals surface area (Å²) in [4.78, 5) is 13.4. The van der Waals surface area contributed by atoms with Gasteiger partial charge in [0.15, 0.2) is 5.82 Å². The van der Waals surface area contributed by atoms with Crippen LogP contribution in [0, 0.1) is 12.7 Å². The van der Waals surface area contributed by atoms with Gasteiger partial charge in [0.25, 0.3) is 0 Å². The van der Waals surface area contributed by atoms with Crippen LogP contribution in [0.3, 0.4) is 0 Å². The number of hydrogen-bond donors (Lipinski definition) is 2. The molecule has 1 aliphatic carbocycles. The SMILES string of the molecule is Cc1cc(CNc2nc(NC3(C(F)(F)F)CC3)c3nc(-c4ccc(F)cc4)ccc3n2)ccc1Cl. The van der Waals surface area contributed by atoms with E-state index in [2.05, 4.69) is 25.6 Å². The second kappa shape index (κ2) is 8.64. The first-order valence-corrected chi connectivity index (χ1v) is 11.3. The number of benzene rings is 2. The Morgan fingerprint density at radius 1 is 0.971 bits per heavy atom. The highest BCUT2D eigenvalue weighted by Gasteiger charge is 2.64. The average Bonchev–Trinajstić information content (AvgIpc) is 3.61. The maximum absolute atomic E-state index is 13.7. The Morgan fingerprint density at radius 3 is 2.37 bits per heavy atom. The smallest absolute Gasteiger partial charge is 0.354 e. The van der Waals surface area contributed by atoms with Gasteiger partial charge < -0.3 is 10.6 Å². The van der Waals surface area contributed by atoms with Crippen molar-refractivity contribution in [2.45, 2.75) is 38.0 Å². The Hall–Kier alpha value is -3.46. The lowest BCUT2D eigenvalue weighted by molar-refractivity contribution is -0.151. The molecule has 0 atom stereocenters. The van der Waals surface area contributed by atoms with Gasteiger partial charge in [0.2, 0.25) is 5.95 Å². The summed E-state index contributed by atoms with van der Waals surface area (Å²) in [6, 6.07) is 14.6. The fourth-order valence-electron chi connectivity index (χ4n) is 3.79. The maximum atomic E-state index is 13.7. The van der Waals surface area contributed by atoms with E-state index in [4.69, 9.17) is 11.6 Å². The third kappa shape index (κ3) is 4.73. The van der Waals surface area contributed by atoms with Crippen LogP contribution in [0.4, 0.5) is 29.3 Å². The monoisotopic (exact) mass is 501 g/mol. The molecule has 35 heavy (non-hydrogen) atoms. The molecule has 0 spiro atoms. The van der Waals surface area contributed by atoms with Gasteiger partial charge in [0.05, 0.1) is 11.2 Å². The number of rotatable bonds is 6. The van der Waals surface area contributed by atoms with E-state index >= 15 is 0 Å². The number of fused-ring (bicyclic) bond motifs is 1. The van der Waals surface area contributed by atoms with Crippen LogP contribution in [-0.2, 0) is 6.54 Å². The quantitative estimate of drug-likeness (QED) is 0.281. The van der Waals surface area contributed by atoms with Crippen LogP contribution in [-0.4, -0.2) is 26.7 Å². The lowest BCUT2D eigenvalue weighted by Gasteiger charge is -2.22. The molecule has 180 valence electrons. The number of alkyl halides is 3. The van der Waals surface area contributed by atoms with E-state index in [-0.39, 0.29) is 30.1 Å². The zero-order valence-electron chi connectivity index (χ0n) is 18.5. The second-order valence-electron chi connectivity index (χ2n) is 8.61. The maximum Gasteiger partial charge on any atom is 0.411 e. The van der Waals surface area contributed by atoms with E-state index < -0.39 is 17.5 Å². The summed E-state index contributed by atoms with van der Waals surface area (Å²) in [5.74, 6) is -0.238. The van der Waals surface area contributed by atoms with Crippen LogP contribution in [0.15, 0.2) is 54.6 Å². The van der Waals surface area contributed by atoms with Crippen LogP contribution in [0.2, 0.25) is 5.02 Å². The highest BCUT2D eigenvalue weighted by Crippen LogP contribution is 2.51. The van der Waals surface area contributed by atoms with E-state index in [0.717, 1.165) is 11.1 Å². The Bertz CT molecular complexity index is 1400. The number of nitrogens with one attached hydrogen (secondary N) is 2. The largest absolute Gasteiger partial charge is 0.411 e. The van der Waals surface area contributed by atoms with Gasteiger partial charge in [-0.25, -0.2) is 14.4 Å². The minimum atomic E-state index is -4.44. The summed E-state index contributed by atoms with van der Waals surface area (Å²) in [6.45, 7) is 2.24. The molecule has 4 aromatic rings. The predicted molar refractivity (Wildman–Crippen MR) is 128 cm³/mol. The van der Waals surface area contributed by atoms with Crippen LogP contribution < -0.4 is 10.6 Å². The van der Waals surface area contributed by atoms with Crippen LogP contribution in [0.1, 0.15) is 24.0 Å². The van der Waals surface area contributed by atoms with Gasteiger partial charge in [-0.05, 0) is 73.4 Å². The average molecular weight is 502 g/mol. The van der Waals surface area contributed by atoms with Gasteiger partial charge >= 0.3 is 6.18 Å². The molecule has 2 heterocycles. The lowest BCUT2D eigenvalue weighted by Crippen LogP contribution is -2.39. The summed E-state index contributed by atoms with van der Waals surface area (Å²) in [7, 11) is 0. The van der Waals surface area contributed by atoms with Crippen molar-refractivity contribution in [1.82, 2.24) is 15.0 Å². The zero-order chi connectivity index (χ0) is 24.8. The number of nitrogens with zero attached hydrogens (tertiary/aromatic N) is 3. The number of halogens is 5. The molecule has 1 fully saturated rings. The fourth-order valence-corrected chi connectivity index (χ4v) is 3.91. The normalized spacial score (nSPS) is 14.7. The van der Waals surface area contributed by atoms with Crippen molar-refractivity contribution in [3.8, 4) is 11.3 Å². The molecule has 10 heteroatoms. The van der Waals surface area contributed by atoms with Crippen LogP contribution in [0.25, 0.3) is 22.3 Å². The van der Waals surface area contributed by atoms with Crippen molar-refractivity contribution < 1.29 is 17.6 Å². The highest BCUT2D eigenvalue weighted by atomic mass is 35.5. The van der Waals surface area contributed by atoms with E-state index in [9.17, 15) is 17.6 Å². The molecule has 2 aromatic carbocycles. The van der Waals surface area contributed by atoms with Gasteiger partial charge in [-0.15, -0.1) is 0 Å². The van der Waals surface area contributed by atoms with Crippen molar-refractivity contribution in [1.29, 1.82) is 0 Å². The molecule has 1 saturated carbocycles. The summed E-state index contributed by atoms with van der Waals surface area (Å²) in [5, 5.41) is 6.33. The molecule has 0 amide bonds. The third-order valence-electron chi connectivity index (χ3n) is 6.01. The van der Waals surface area contributed by atoms with Gasteiger partial charge in [0, 0.05) is 17.1 Å². The summed E-state index contributed by atoms with van der Waals surface area (Å²) in [6.07, 6.45) is -4.54. The van der Waals surface area contributed by atoms with Crippen molar-refractivity contribution in [2.24, 2.45) is 0 Å². The summed E-state index contributed by atoms with van der Waals surface area (Å²) in [5.41, 5.74) is 1.47. The standard InChI is InChI=1S/C25H20ClF4N5/c1-14-12-15(2-7-18(14)26)13-31-23-33-20-9-8-19(16-3-5-17(27)6-4-16)32-21(20)22(34-23)35-24(10-11-24)25(28,29)30/h2-9,12H,10-11,13H2,1H3,(H2,31,33,34,35). The van der Waals surface area contributed by atoms with Crippen molar-refractivity contribution in [3.05, 3.63) is 76.6 Å². The topological polar surface area (TPSA) is 62.7 Å². The molecule has 0 aliphatic heterocycles. The molecule has 5 nitrogen and oxygen atoms in total. The first-order valence-electron chi connectivity index (χ1n) is 10.9. The van der Waals surface area contributed by atoms with Crippen molar-refractivity contribution in [2.75, 3.05) is 10.6 Å². The Labute approximate surface area is 203 Å². The minimum absolute atomic E-state index is 0.0106. The van der Waals surface area contributed by atoms with Gasteiger partial charge in [-0.1, -0.05) is 23.7 Å². The number of aromatic nitrogens is 3.